The summed E-state index contributed by atoms with van der Waals surface area (Å²) in [7, 11) is 0. The van der Waals surface area contributed by atoms with Crippen LogP contribution in [0.4, 0.5) is 5.82 Å². The number of halogens is 1. The fourth-order valence-corrected chi connectivity index (χ4v) is 3.24. The van der Waals surface area contributed by atoms with Crippen molar-refractivity contribution in [1.82, 2.24) is 4.98 Å². The Balaban J connectivity index is 1.73. The lowest BCUT2D eigenvalue weighted by Gasteiger charge is -2.18. The molecular weight excluding hydrogens is 268 g/mol. The second-order valence-electron chi connectivity index (χ2n) is 4.88. The Bertz CT molecular complexity index is 367. The summed E-state index contributed by atoms with van der Waals surface area (Å²) in [5.74, 6) is 2.40. The zero-order valence-electron chi connectivity index (χ0n) is 9.01. The standard InChI is InChI=1S/C12H15BrN2O/c13-10-1-2-12(14-5-10)15-6-8-3-11(16)4-9(8)7-15/h1-2,5,8-9,11,16H,3-4,6-7H2/t8-,9+,11-. The van der Waals surface area contributed by atoms with Crippen LogP contribution < -0.4 is 4.90 Å². The molecule has 16 heavy (non-hydrogen) atoms. The van der Waals surface area contributed by atoms with E-state index in [9.17, 15) is 5.11 Å². The topological polar surface area (TPSA) is 36.4 Å². The number of hydrogen-bond donors (Lipinski definition) is 1. The normalized spacial score (nSPS) is 33.1. The van der Waals surface area contributed by atoms with E-state index < -0.39 is 0 Å². The van der Waals surface area contributed by atoms with E-state index in [4.69, 9.17) is 0 Å². The quantitative estimate of drug-likeness (QED) is 0.857. The molecule has 2 fully saturated rings. The SMILES string of the molecule is O[C@@H]1C[C@@H]2CN(c3ccc(Br)cn3)C[C@@H]2C1. The van der Waals surface area contributed by atoms with Crippen LogP contribution in [0.3, 0.4) is 0 Å². The van der Waals surface area contributed by atoms with Crippen LogP contribution in [-0.2, 0) is 0 Å². The Hall–Kier alpha value is -0.610. The molecule has 3 rings (SSSR count). The highest BCUT2D eigenvalue weighted by Gasteiger charge is 2.40. The van der Waals surface area contributed by atoms with Crippen molar-refractivity contribution in [2.75, 3.05) is 18.0 Å². The van der Waals surface area contributed by atoms with E-state index in [1.54, 1.807) is 0 Å². The summed E-state index contributed by atoms with van der Waals surface area (Å²) in [4.78, 5) is 6.76. The summed E-state index contributed by atoms with van der Waals surface area (Å²) in [5.41, 5.74) is 0. The van der Waals surface area contributed by atoms with Gasteiger partial charge in [-0.15, -0.1) is 0 Å². The maximum Gasteiger partial charge on any atom is 0.128 e. The van der Waals surface area contributed by atoms with Crippen LogP contribution in [0.1, 0.15) is 12.8 Å². The molecule has 3 nitrogen and oxygen atoms in total. The van der Waals surface area contributed by atoms with Crippen LogP contribution in [0.15, 0.2) is 22.8 Å². The smallest absolute Gasteiger partial charge is 0.128 e. The van der Waals surface area contributed by atoms with E-state index in [-0.39, 0.29) is 6.10 Å². The van der Waals surface area contributed by atoms with Crippen molar-refractivity contribution in [3.05, 3.63) is 22.8 Å². The third kappa shape index (κ3) is 1.84. The van der Waals surface area contributed by atoms with Crippen molar-refractivity contribution in [1.29, 1.82) is 0 Å². The Kier molecular flexibility index (Phi) is 2.64. The zero-order chi connectivity index (χ0) is 11.1. The first kappa shape index (κ1) is 10.5. The third-order valence-corrected chi connectivity index (χ3v) is 4.23. The number of aliphatic hydroxyl groups excluding tert-OH is 1. The fourth-order valence-electron chi connectivity index (χ4n) is 3.01. The third-order valence-electron chi connectivity index (χ3n) is 3.76. The highest BCUT2D eigenvalue weighted by molar-refractivity contribution is 9.10. The molecule has 0 radical (unpaired) electrons. The lowest BCUT2D eigenvalue weighted by atomic mass is 10.0. The average molecular weight is 283 g/mol. The van der Waals surface area contributed by atoms with Crippen LogP contribution in [0.5, 0.6) is 0 Å². The molecule has 1 saturated heterocycles. The molecule has 1 aromatic heterocycles. The van der Waals surface area contributed by atoms with Gasteiger partial charge in [-0.05, 0) is 52.7 Å². The number of fused-ring (bicyclic) bond motifs is 1. The number of anilines is 1. The molecule has 1 N–H and O–H groups in total. The predicted molar refractivity (Wildman–Crippen MR) is 66.4 cm³/mol. The number of pyridine rings is 1. The van der Waals surface area contributed by atoms with E-state index in [1.165, 1.54) is 0 Å². The number of aliphatic hydroxyl groups is 1. The molecule has 86 valence electrons. The molecule has 0 bridgehead atoms. The van der Waals surface area contributed by atoms with Crippen LogP contribution >= 0.6 is 15.9 Å². The number of hydrogen-bond acceptors (Lipinski definition) is 3. The first-order valence-corrected chi connectivity index (χ1v) is 6.56. The van der Waals surface area contributed by atoms with Gasteiger partial charge in [-0.25, -0.2) is 4.98 Å². The molecule has 0 unspecified atom stereocenters. The molecule has 1 saturated carbocycles. The van der Waals surface area contributed by atoms with E-state index in [0.29, 0.717) is 11.8 Å². The molecule has 3 atom stereocenters. The van der Waals surface area contributed by atoms with Crippen LogP contribution in [0, 0.1) is 11.8 Å². The van der Waals surface area contributed by atoms with Gasteiger partial charge >= 0.3 is 0 Å². The second kappa shape index (κ2) is 4.00. The summed E-state index contributed by atoms with van der Waals surface area (Å²) in [6, 6.07) is 4.09. The maximum atomic E-state index is 9.59. The first-order chi connectivity index (χ1) is 7.72. The van der Waals surface area contributed by atoms with Gasteiger partial charge in [0.25, 0.3) is 0 Å². The molecule has 2 aliphatic rings. The van der Waals surface area contributed by atoms with E-state index >= 15 is 0 Å². The first-order valence-electron chi connectivity index (χ1n) is 5.77. The van der Waals surface area contributed by atoms with Gasteiger partial charge in [-0.1, -0.05) is 0 Å². The summed E-state index contributed by atoms with van der Waals surface area (Å²) in [6.45, 7) is 2.10. The molecule has 2 heterocycles. The minimum Gasteiger partial charge on any atom is -0.393 e. The Morgan fingerprint density at radius 1 is 1.25 bits per heavy atom. The molecule has 1 aliphatic carbocycles. The van der Waals surface area contributed by atoms with Crippen molar-refractivity contribution in [3.63, 3.8) is 0 Å². The average Bonchev–Trinajstić information content (AvgIpc) is 2.75. The Morgan fingerprint density at radius 2 is 1.94 bits per heavy atom. The number of rotatable bonds is 1. The fraction of sp³-hybridized carbons (Fsp3) is 0.583. The van der Waals surface area contributed by atoms with Gasteiger partial charge in [-0.3, -0.25) is 0 Å². The summed E-state index contributed by atoms with van der Waals surface area (Å²) < 4.78 is 1.02. The molecular formula is C12H15BrN2O. The highest BCUT2D eigenvalue weighted by Crippen LogP contribution is 2.39. The molecule has 1 aliphatic heterocycles. The van der Waals surface area contributed by atoms with Gasteiger partial charge in [0.2, 0.25) is 0 Å². The summed E-state index contributed by atoms with van der Waals surface area (Å²) in [6.07, 6.45) is 3.73. The van der Waals surface area contributed by atoms with E-state index in [1.807, 2.05) is 12.3 Å². The largest absolute Gasteiger partial charge is 0.393 e. The molecule has 0 aromatic carbocycles. The van der Waals surface area contributed by atoms with Crippen molar-refractivity contribution >= 4 is 21.7 Å². The summed E-state index contributed by atoms with van der Waals surface area (Å²) >= 11 is 3.40. The van der Waals surface area contributed by atoms with Gasteiger partial charge in [0.15, 0.2) is 0 Å². The summed E-state index contributed by atoms with van der Waals surface area (Å²) in [5, 5.41) is 9.59. The lowest BCUT2D eigenvalue weighted by molar-refractivity contribution is 0.174. The van der Waals surface area contributed by atoms with Crippen LogP contribution in [0.2, 0.25) is 0 Å². The van der Waals surface area contributed by atoms with Gasteiger partial charge in [0.05, 0.1) is 6.10 Å². The van der Waals surface area contributed by atoms with Gasteiger partial charge in [0.1, 0.15) is 5.82 Å². The minimum atomic E-state index is -0.0602. The molecule has 1 aromatic rings. The Labute approximate surface area is 104 Å². The van der Waals surface area contributed by atoms with Crippen molar-refractivity contribution in [2.45, 2.75) is 18.9 Å². The second-order valence-corrected chi connectivity index (χ2v) is 5.80. The van der Waals surface area contributed by atoms with E-state index in [2.05, 4.69) is 31.9 Å². The monoisotopic (exact) mass is 282 g/mol. The number of aromatic nitrogens is 1. The Morgan fingerprint density at radius 3 is 2.50 bits per heavy atom. The lowest BCUT2D eigenvalue weighted by Crippen LogP contribution is -2.23. The van der Waals surface area contributed by atoms with Gasteiger partial charge in [0, 0.05) is 23.8 Å². The van der Waals surface area contributed by atoms with Crippen LogP contribution in [0.25, 0.3) is 0 Å². The maximum absolute atomic E-state index is 9.59. The van der Waals surface area contributed by atoms with Crippen molar-refractivity contribution in [3.8, 4) is 0 Å². The molecule has 0 spiro atoms. The zero-order valence-corrected chi connectivity index (χ0v) is 10.6. The molecule has 0 amide bonds. The van der Waals surface area contributed by atoms with Crippen molar-refractivity contribution < 1.29 is 5.11 Å². The van der Waals surface area contributed by atoms with Crippen molar-refractivity contribution in [2.24, 2.45) is 11.8 Å². The van der Waals surface area contributed by atoms with Gasteiger partial charge in [-0.2, -0.15) is 0 Å². The molecule has 4 heteroatoms. The highest BCUT2D eigenvalue weighted by atomic mass is 79.9. The predicted octanol–water partition coefficient (Wildman–Crippen LogP) is 2.05. The van der Waals surface area contributed by atoms with Crippen LogP contribution in [-0.4, -0.2) is 29.3 Å². The number of nitrogens with zero attached hydrogens (tertiary/aromatic N) is 2. The van der Waals surface area contributed by atoms with E-state index in [0.717, 1.165) is 36.2 Å². The minimum absolute atomic E-state index is 0.0602. The van der Waals surface area contributed by atoms with Gasteiger partial charge < -0.3 is 10.0 Å².